The molecule has 1 fully saturated rings. The predicted molar refractivity (Wildman–Crippen MR) is 133 cm³/mol. The van der Waals surface area contributed by atoms with E-state index in [9.17, 15) is 14.7 Å². The number of hydrogen-bond donors (Lipinski definition) is 2. The van der Waals surface area contributed by atoms with Crippen LogP contribution in [0.1, 0.15) is 24.0 Å². The summed E-state index contributed by atoms with van der Waals surface area (Å²) in [4.78, 5) is 22.1. The van der Waals surface area contributed by atoms with Gasteiger partial charge in [-0.05, 0) is 57.6 Å². The number of hydrogen-bond acceptors (Lipinski definition) is 2. The summed E-state index contributed by atoms with van der Waals surface area (Å²) < 4.78 is 2.00. The van der Waals surface area contributed by atoms with E-state index < -0.39 is 17.4 Å². The van der Waals surface area contributed by atoms with E-state index in [0.717, 1.165) is 54.5 Å². The van der Waals surface area contributed by atoms with Gasteiger partial charge in [-0.3, -0.25) is 9.59 Å². The molecule has 1 saturated carbocycles. The fourth-order valence-corrected chi connectivity index (χ4v) is 5.00. The SMILES string of the molecule is O=C(O)C1(c2ccc(Br)c3ccccc23)CC1.O=C(O)Cc1ccc(Br)c2ccccc12. The molecule has 6 heteroatoms. The molecule has 32 heavy (non-hydrogen) atoms. The highest BCUT2D eigenvalue weighted by Gasteiger charge is 2.52. The molecule has 0 atom stereocenters. The number of benzene rings is 4. The zero-order valence-electron chi connectivity index (χ0n) is 17.0. The van der Waals surface area contributed by atoms with Crippen molar-refractivity contribution in [2.24, 2.45) is 0 Å². The molecule has 0 amide bonds. The second-order valence-corrected chi connectivity index (χ2v) is 9.56. The van der Waals surface area contributed by atoms with Gasteiger partial charge in [0.25, 0.3) is 0 Å². The number of carboxylic acids is 2. The Kier molecular flexibility index (Phi) is 6.35. The molecule has 2 N–H and O–H groups in total. The first-order chi connectivity index (χ1) is 15.3. The first-order valence-electron chi connectivity index (χ1n) is 10.1. The van der Waals surface area contributed by atoms with Gasteiger partial charge in [0.2, 0.25) is 0 Å². The first kappa shape index (κ1) is 22.5. The summed E-state index contributed by atoms with van der Waals surface area (Å²) >= 11 is 6.96. The minimum Gasteiger partial charge on any atom is -0.481 e. The summed E-state index contributed by atoms with van der Waals surface area (Å²) in [5.41, 5.74) is 1.16. The van der Waals surface area contributed by atoms with Crippen molar-refractivity contribution >= 4 is 65.3 Å². The lowest BCUT2D eigenvalue weighted by molar-refractivity contribution is -0.140. The van der Waals surface area contributed by atoms with Crippen molar-refractivity contribution < 1.29 is 19.8 Å². The molecule has 0 aromatic heterocycles. The standard InChI is InChI=1S/C14H11BrO2.C12H9BrO2/c15-12-6-5-11(14(7-8-14)13(16)17)9-3-1-2-4-10(9)12;13-11-6-5-8(7-12(14)15)9-3-1-2-4-10(9)11/h1-6H,7-8H2,(H,16,17);1-6H,7H2,(H,14,15). The highest BCUT2D eigenvalue weighted by atomic mass is 79.9. The summed E-state index contributed by atoms with van der Waals surface area (Å²) in [6, 6.07) is 23.3. The molecule has 0 bridgehead atoms. The van der Waals surface area contributed by atoms with Gasteiger partial charge in [0.1, 0.15) is 0 Å². The lowest BCUT2D eigenvalue weighted by atomic mass is 9.91. The third kappa shape index (κ3) is 4.30. The second kappa shape index (κ2) is 9.04. The maximum atomic E-state index is 11.4. The molecule has 0 aliphatic heterocycles. The number of halogens is 2. The van der Waals surface area contributed by atoms with Gasteiger partial charge in [-0.2, -0.15) is 0 Å². The zero-order valence-corrected chi connectivity index (χ0v) is 20.2. The Bertz CT molecular complexity index is 1340. The lowest BCUT2D eigenvalue weighted by Gasteiger charge is -2.14. The lowest BCUT2D eigenvalue weighted by Crippen LogP contribution is -2.19. The van der Waals surface area contributed by atoms with Crippen molar-refractivity contribution in [3.63, 3.8) is 0 Å². The van der Waals surface area contributed by atoms with Crippen LogP contribution in [0.2, 0.25) is 0 Å². The zero-order chi connectivity index (χ0) is 22.9. The molecule has 0 heterocycles. The van der Waals surface area contributed by atoms with Crippen LogP contribution in [0.5, 0.6) is 0 Å². The van der Waals surface area contributed by atoms with Gasteiger partial charge in [0.05, 0.1) is 11.8 Å². The molecule has 4 nitrogen and oxygen atoms in total. The summed E-state index contributed by atoms with van der Waals surface area (Å²) in [5.74, 6) is -1.51. The normalized spacial score (nSPS) is 13.9. The molecule has 0 spiro atoms. The number of aliphatic carboxylic acids is 2. The molecule has 0 saturated heterocycles. The molecule has 1 aliphatic rings. The fraction of sp³-hybridized carbons (Fsp3) is 0.154. The van der Waals surface area contributed by atoms with Crippen molar-refractivity contribution in [1.82, 2.24) is 0 Å². The van der Waals surface area contributed by atoms with E-state index >= 15 is 0 Å². The van der Waals surface area contributed by atoms with Crippen LogP contribution >= 0.6 is 31.9 Å². The van der Waals surface area contributed by atoms with Crippen LogP contribution in [0.25, 0.3) is 21.5 Å². The van der Waals surface area contributed by atoms with Crippen LogP contribution < -0.4 is 0 Å². The molecule has 1 aliphatic carbocycles. The monoisotopic (exact) mass is 554 g/mol. The third-order valence-corrected chi connectivity index (χ3v) is 7.23. The van der Waals surface area contributed by atoms with E-state index in [-0.39, 0.29) is 6.42 Å². The summed E-state index contributed by atoms with van der Waals surface area (Å²) in [6.07, 6.45) is 1.55. The summed E-state index contributed by atoms with van der Waals surface area (Å²) in [5, 5.41) is 22.3. The minimum atomic E-state index is -0.803. The van der Waals surface area contributed by atoms with Crippen molar-refractivity contribution in [3.8, 4) is 0 Å². The summed E-state index contributed by atoms with van der Waals surface area (Å²) in [6.45, 7) is 0. The van der Waals surface area contributed by atoms with Gasteiger partial charge >= 0.3 is 11.9 Å². The van der Waals surface area contributed by atoms with Gasteiger partial charge in [-0.25, -0.2) is 0 Å². The van der Waals surface area contributed by atoms with E-state index in [1.165, 1.54) is 0 Å². The predicted octanol–water partition coefficient (Wildman–Crippen LogP) is 6.95. The molecule has 5 rings (SSSR count). The smallest absolute Gasteiger partial charge is 0.314 e. The Morgan fingerprint density at radius 3 is 1.75 bits per heavy atom. The number of carboxylic acid groups (broad SMARTS) is 2. The Hall–Kier alpha value is -2.70. The Morgan fingerprint density at radius 1 is 0.719 bits per heavy atom. The van der Waals surface area contributed by atoms with E-state index in [1.807, 2.05) is 72.8 Å². The molecule has 0 radical (unpaired) electrons. The van der Waals surface area contributed by atoms with Gasteiger partial charge in [-0.1, -0.05) is 92.5 Å². The minimum absolute atomic E-state index is 0.0633. The maximum absolute atomic E-state index is 11.4. The second-order valence-electron chi connectivity index (χ2n) is 7.85. The Morgan fingerprint density at radius 2 is 1.22 bits per heavy atom. The topological polar surface area (TPSA) is 74.6 Å². The van der Waals surface area contributed by atoms with Crippen LogP contribution in [-0.4, -0.2) is 22.2 Å². The summed E-state index contributed by atoms with van der Waals surface area (Å²) in [7, 11) is 0. The largest absolute Gasteiger partial charge is 0.481 e. The van der Waals surface area contributed by atoms with Gasteiger partial charge in [-0.15, -0.1) is 0 Å². The number of rotatable bonds is 4. The molecule has 0 unspecified atom stereocenters. The van der Waals surface area contributed by atoms with Crippen LogP contribution in [0.3, 0.4) is 0 Å². The van der Waals surface area contributed by atoms with E-state index in [4.69, 9.17) is 5.11 Å². The molecule has 4 aromatic rings. The number of carbonyl (C=O) groups is 2. The van der Waals surface area contributed by atoms with Gasteiger partial charge in [0.15, 0.2) is 0 Å². The molecule has 162 valence electrons. The van der Waals surface area contributed by atoms with Gasteiger partial charge in [0, 0.05) is 8.95 Å². The Balaban J connectivity index is 0.000000155. The van der Waals surface area contributed by atoms with Crippen LogP contribution in [0, 0.1) is 0 Å². The average Bonchev–Trinajstić information content (AvgIpc) is 3.59. The maximum Gasteiger partial charge on any atom is 0.314 e. The quantitative estimate of drug-likeness (QED) is 0.286. The van der Waals surface area contributed by atoms with Crippen molar-refractivity contribution in [2.45, 2.75) is 24.7 Å². The Labute approximate surface area is 202 Å². The average molecular weight is 556 g/mol. The van der Waals surface area contributed by atoms with Crippen molar-refractivity contribution in [3.05, 3.63) is 92.9 Å². The van der Waals surface area contributed by atoms with Crippen molar-refractivity contribution in [1.29, 1.82) is 0 Å². The van der Waals surface area contributed by atoms with Crippen molar-refractivity contribution in [2.75, 3.05) is 0 Å². The highest BCUT2D eigenvalue weighted by molar-refractivity contribution is 9.11. The van der Waals surface area contributed by atoms with E-state index in [0.29, 0.717) is 0 Å². The van der Waals surface area contributed by atoms with E-state index in [2.05, 4.69) is 31.9 Å². The first-order valence-corrected chi connectivity index (χ1v) is 11.7. The van der Waals surface area contributed by atoms with Crippen LogP contribution in [-0.2, 0) is 21.4 Å². The third-order valence-electron chi connectivity index (χ3n) is 5.85. The molecular formula is C26H20Br2O4. The van der Waals surface area contributed by atoms with Crippen LogP contribution in [0.15, 0.2) is 81.7 Å². The van der Waals surface area contributed by atoms with E-state index in [1.54, 1.807) is 0 Å². The van der Waals surface area contributed by atoms with Crippen LogP contribution in [0.4, 0.5) is 0 Å². The molecular weight excluding hydrogens is 536 g/mol. The molecule has 4 aromatic carbocycles. The fourth-order valence-electron chi connectivity index (χ4n) is 4.04. The van der Waals surface area contributed by atoms with Gasteiger partial charge < -0.3 is 10.2 Å². The highest BCUT2D eigenvalue weighted by Crippen LogP contribution is 2.51. The number of fused-ring (bicyclic) bond motifs is 2.